The molecule has 2 aromatic heterocycles. The number of para-hydroxylation sites is 1. The fourth-order valence-electron chi connectivity index (χ4n) is 5.10. The van der Waals surface area contributed by atoms with Crippen LogP contribution in [0, 0.1) is 19.8 Å². The molecule has 1 N–H and O–H groups in total. The number of hydrogen-bond acceptors (Lipinski definition) is 5. The number of benzene rings is 2. The van der Waals surface area contributed by atoms with E-state index >= 15 is 0 Å². The second kappa shape index (κ2) is 10.1. The van der Waals surface area contributed by atoms with Crippen molar-refractivity contribution in [2.45, 2.75) is 60.0 Å². The molecule has 37 heavy (non-hydrogen) atoms. The van der Waals surface area contributed by atoms with E-state index in [2.05, 4.69) is 44.3 Å². The van der Waals surface area contributed by atoms with Crippen molar-refractivity contribution in [3.05, 3.63) is 81.2 Å². The quantitative estimate of drug-likeness (QED) is 0.281. The van der Waals surface area contributed by atoms with Gasteiger partial charge in [-0.15, -0.1) is 11.3 Å². The zero-order valence-corrected chi connectivity index (χ0v) is 22.8. The number of thiophene rings is 1. The smallest absolute Gasteiger partial charge is 0.341 e. The molecule has 5 nitrogen and oxygen atoms in total. The normalized spacial score (nSPS) is 15.0. The summed E-state index contributed by atoms with van der Waals surface area (Å²) in [6.07, 6.45) is 2.51. The van der Waals surface area contributed by atoms with Crippen LogP contribution in [0.2, 0.25) is 0 Å². The molecule has 0 aliphatic heterocycles. The van der Waals surface area contributed by atoms with Crippen molar-refractivity contribution in [3.8, 4) is 11.3 Å². The molecule has 1 unspecified atom stereocenters. The number of hydrogen-bond donors (Lipinski definition) is 1. The summed E-state index contributed by atoms with van der Waals surface area (Å²) in [5, 5.41) is 4.44. The summed E-state index contributed by atoms with van der Waals surface area (Å²) in [6, 6.07) is 15.8. The van der Waals surface area contributed by atoms with E-state index in [0.29, 0.717) is 22.0 Å². The Kier molecular flexibility index (Phi) is 6.86. The number of rotatable bonds is 5. The van der Waals surface area contributed by atoms with Gasteiger partial charge in [0.15, 0.2) is 0 Å². The Labute approximate surface area is 221 Å². The van der Waals surface area contributed by atoms with Crippen molar-refractivity contribution in [2.75, 3.05) is 5.32 Å². The number of aromatic nitrogens is 1. The van der Waals surface area contributed by atoms with Crippen LogP contribution in [-0.2, 0) is 17.6 Å². The van der Waals surface area contributed by atoms with Gasteiger partial charge in [-0.05, 0) is 76.1 Å². The Morgan fingerprint density at radius 1 is 1.11 bits per heavy atom. The van der Waals surface area contributed by atoms with Crippen molar-refractivity contribution >= 4 is 39.1 Å². The SMILES string of the molecule is Cc1ccc(-c2cc(C(=O)Nc3sc4c(c3C(=O)OC(C)C)CCC(C)C4)c3ccccc3n2)c(C)c1. The van der Waals surface area contributed by atoms with Gasteiger partial charge < -0.3 is 10.1 Å². The summed E-state index contributed by atoms with van der Waals surface area (Å²) < 4.78 is 5.59. The zero-order chi connectivity index (χ0) is 26.3. The summed E-state index contributed by atoms with van der Waals surface area (Å²) in [6.45, 7) is 10.0. The number of carbonyl (C=O) groups excluding carboxylic acids is 2. The lowest BCUT2D eigenvalue weighted by Crippen LogP contribution is -2.19. The Bertz CT molecular complexity index is 1520. The summed E-state index contributed by atoms with van der Waals surface area (Å²) in [5.41, 5.74) is 6.85. The molecule has 0 spiro atoms. The minimum Gasteiger partial charge on any atom is -0.459 e. The number of esters is 1. The van der Waals surface area contributed by atoms with Gasteiger partial charge in [0.25, 0.3) is 5.91 Å². The molecule has 1 aliphatic rings. The van der Waals surface area contributed by atoms with Crippen molar-refractivity contribution in [1.82, 2.24) is 4.98 Å². The Morgan fingerprint density at radius 2 is 1.89 bits per heavy atom. The minimum atomic E-state index is -0.368. The average molecular weight is 513 g/mol. The molecule has 4 aromatic rings. The molecular formula is C31H32N2O3S. The highest BCUT2D eigenvalue weighted by atomic mass is 32.1. The lowest BCUT2D eigenvalue weighted by Gasteiger charge is -2.19. The van der Waals surface area contributed by atoms with E-state index in [1.165, 1.54) is 21.8 Å². The summed E-state index contributed by atoms with van der Waals surface area (Å²) in [7, 11) is 0. The Morgan fingerprint density at radius 3 is 2.65 bits per heavy atom. The van der Waals surface area contributed by atoms with Gasteiger partial charge in [0, 0.05) is 15.8 Å². The summed E-state index contributed by atoms with van der Waals surface area (Å²) >= 11 is 1.51. The number of carbonyl (C=O) groups is 2. The van der Waals surface area contributed by atoms with Crippen molar-refractivity contribution in [1.29, 1.82) is 0 Å². The molecule has 2 heterocycles. The van der Waals surface area contributed by atoms with Crippen LogP contribution in [0.25, 0.3) is 22.2 Å². The van der Waals surface area contributed by atoms with Gasteiger partial charge in [-0.2, -0.15) is 0 Å². The van der Waals surface area contributed by atoms with Crippen molar-refractivity contribution in [2.24, 2.45) is 5.92 Å². The van der Waals surface area contributed by atoms with Crippen molar-refractivity contribution < 1.29 is 14.3 Å². The number of amides is 1. The van der Waals surface area contributed by atoms with Crippen molar-refractivity contribution in [3.63, 3.8) is 0 Å². The molecular weight excluding hydrogens is 480 g/mol. The number of pyridine rings is 1. The second-order valence-corrected chi connectivity index (χ2v) is 11.5. The molecule has 1 atom stereocenters. The predicted molar refractivity (Wildman–Crippen MR) is 151 cm³/mol. The van der Waals surface area contributed by atoms with E-state index in [1.54, 1.807) is 0 Å². The fourth-order valence-corrected chi connectivity index (χ4v) is 6.49. The lowest BCUT2D eigenvalue weighted by molar-refractivity contribution is 0.0378. The lowest BCUT2D eigenvalue weighted by atomic mass is 9.88. The molecule has 0 radical (unpaired) electrons. The van der Waals surface area contributed by atoms with Gasteiger partial charge in [-0.1, -0.05) is 48.9 Å². The van der Waals surface area contributed by atoms with Gasteiger partial charge in [-0.3, -0.25) is 4.79 Å². The zero-order valence-electron chi connectivity index (χ0n) is 22.0. The third-order valence-electron chi connectivity index (χ3n) is 6.90. The fraction of sp³-hybridized carbons (Fsp3) is 0.323. The van der Waals surface area contributed by atoms with E-state index in [4.69, 9.17) is 9.72 Å². The molecule has 5 rings (SSSR count). The average Bonchev–Trinajstić information content (AvgIpc) is 3.19. The first kappa shape index (κ1) is 25.2. The van der Waals surface area contributed by atoms with Crippen LogP contribution in [0.1, 0.15) is 69.5 Å². The first-order chi connectivity index (χ1) is 17.7. The third kappa shape index (κ3) is 5.03. The Balaban J connectivity index is 1.59. The van der Waals surface area contributed by atoms with Gasteiger partial charge >= 0.3 is 5.97 Å². The predicted octanol–water partition coefficient (Wildman–Crippen LogP) is 7.52. The molecule has 1 aliphatic carbocycles. The van der Waals surface area contributed by atoms with Crippen LogP contribution in [0.5, 0.6) is 0 Å². The van der Waals surface area contributed by atoms with Crippen LogP contribution in [0.4, 0.5) is 5.00 Å². The van der Waals surface area contributed by atoms with Gasteiger partial charge in [-0.25, -0.2) is 9.78 Å². The standard InChI is InChI=1S/C31H32N2O3S/c1-17(2)36-31(35)28-23-13-11-19(4)15-27(23)37-30(28)33-29(34)24-16-26(21-12-10-18(3)14-20(21)5)32-25-9-7-6-8-22(24)25/h6-10,12,14,16-17,19H,11,13,15H2,1-5H3,(H,33,34). The van der Waals surface area contributed by atoms with Crippen LogP contribution in [-0.4, -0.2) is 23.0 Å². The van der Waals surface area contributed by atoms with Gasteiger partial charge in [0.2, 0.25) is 0 Å². The topological polar surface area (TPSA) is 68.3 Å². The number of fused-ring (bicyclic) bond motifs is 2. The largest absolute Gasteiger partial charge is 0.459 e. The number of anilines is 1. The molecule has 0 saturated heterocycles. The van der Waals surface area contributed by atoms with Crippen LogP contribution < -0.4 is 5.32 Å². The van der Waals surface area contributed by atoms with Gasteiger partial charge in [0.05, 0.1) is 28.4 Å². The maximum Gasteiger partial charge on any atom is 0.341 e. The monoisotopic (exact) mass is 512 g/mol. The molecule has 1 amide bonds. The van der Waals surface area contributed by atoms with Crippen LogP contribution >= 0.6 is 11.3 Å². The molecule has 0 fully saturated rings. The van der Waals surface area contributed by atoms with Gasteiger partial charge in [0.1, 0.15) is 5.00 Å². The maximum absolute atomic E-state index is 13.8. The molecule has 6 heteroatoms. The Hall–Kier alpha value is -3.51. The number of ether oxygens (including phenoxy) is 1. The van der Waals surface area contributed by atoms with Crippen LogP contribution in [0.15, 0.2) is 48.5 Å². The highest BCUT2D eigenvalue weighted by Gasteiger charge is 2.30. The van der Waals surface area contributed by atoms with Crippen LogP contribution in [0.3, 0.4) is 0 Å². The van der Waals surface area contributed by atoms with E-state index in [9.17, 15) is 9.59 Å². The summed E-state index contributed by atoms with van der Waals surface area (Å²) in [4.78, 5) is 33.0. The first-order valence-electron chi connectivity index (χ1n) is 12.9. The molecule has 190 valence electrons. The maximum atomic E-state index is 13.8. The number of aryl methyl sites for hydroxylation is 2. The minimum absolute atomic E-state index is 0.237. The number of nitrogens with one attached hydrogen (secondary N) is 1. The second-order valence-electron chi connectivity index (χ2n) is 10.4. The highest BCUT2D eigenvalue weighted by Crippen LogP contribution is 2.40. The molecule has 2 aromatic carbocycles. The third-order valence-corrected chi connectivity index (χ3v) is 8.07. The molecule has 0 bridgehead atoms. The van der Waals surface area contributed by atoms with E-state index in [1.807, 2.05) is 44.2 Å². The first-order valence-corrected chi connectivity index (χ1v) is 13.7. The van der Waals surface area contributed by atoms with E-state index in [0.717, 1.165) is 52.5 Å². The van der Waals surface area contributed by atoms with E-state index in [-0.39, 0.29) is 18.0 Å². The summed E-state index contributed by atoms with van der Waals surface area (Å²) in [5.74, 6) is -0.0733. The highest BCUT2D eigenvalue weighted by molar-refractivity contribution is 7.17. The molecule has 0 saturated carbocycles. The van der Waals surface area contributed by atoms with E-state index < -0.39 is 0 Å². The number of nitrogens with zero attached hydrogens (tertiary/aromatic N) is 1.